The number of benzene rings is 1. The summed E-state index contributed by atoms with van der Waals surface area (Å²) in [7, 11) is 0. The maximum atomic E-state index is 12.1. The number of esters is 2. The van der Waals surface area contributed by atoms with Crippen molar-refractivity contribution in [3.05, 3.63) is 35.9 Å². The van der Waals surface area contributed by atoms with Crippen molar-refractivity contribution in [3.63, 3.8) is 0 Å². The van der Waals surface area contributed by atoms with E-state index >= 15 is 0 Å². The lowest BCUT2D eigenvalue weighted by Gasteiger charge is -2.28. The SMILES string of the molecule is O=C1CC[C@H]2[C@H](CO)[C@@H](OC(=O)c3ccccc3)C[C@H]2O1. The molecule has 0 spiro atoms. The standard InChI is InChI=1S/C16H18O5/c17-9-12-11-6-7-15(18)20-13(11)8-14(12)21-16(19)10-4-2-1-3-5-10/h1-5,11-14,17H,6-9H2/t11-,12-,13+,14-/m0/s1. The molecule has 0 amide bonds. The molecule has 21 heavy (non-hydrogen) atoms. The van der Waals surface area contributed by atoms with Crippen LogP contribution in [0.25, 0.3) is 0 Å². The molecule has 5 heteroatoms. The van der Waals surface area contributed by atoms with Crippen LogP contribution in [0.5, 0.6) is 0 Å². The van der Waals surface area contributed by atoms with Crippen LogP contribution in [0.15, 0.2) is 30.3 Å². The van der Waals surface area contributed by atoms with E-state index in [9.17, 15) is 14.7 Å². The van der Waals surface area contributed by atoms with Gasteiger partial charge in [0.15, 0.2) is 0 Å². The molecule has 1 aromatic carbocycles. The number of hydrogen-bond acceptors (Lipinski definition) is 5. The monoisotopic (exact) mass is 290 g/mol. The minimum absolute atomic E-state index is 0.0640. The van der Waals surface area contributed by atoms with E-state index in [1.165, 1.54) is 0 Å². The second-order valence-corrected chi connectivity index (χ2v) is 5.62. The van der Waals surface area contributed by atoms with E-state index in [2.05, 4.69) is 0 Å². The number of ether oxygens (including phenoxy) is 2. The number of aliphatic hydroxyl groups excluding tert-OH is 1. The van der Waals surface area contributed by atoms with Crippen molar-refractivity contribution in [3.8, 4) is 0 Å². The fourth-order valence-corrected chi connectivity index (χ4v) is 3.35. The van der Waals surface area contributed by atoms with Crippen LogP contribution in [-0.2, 0) is 14.3 Å². The van der Waals surface area contributed by atoms with Crippen LogP contribution in [0.3, 0.4) is 0 Å². The number of carbonyl (C=O) groups is 2. The highest BCUT2D eigenvalue weighted by atomic mass is 16.6. The summed E-state index contributed by atoms with van der Waals surface area (Å²) in [5, 5.41) is 9.59. The van der Waals surface area contributed by atoms with Gasteiger partial charge in [-0.15, -0.1) is 0 Å². The molecule has 2 aliphatic rings. The van der Waals surface area contributed by atoms with Crippen molar-refractivity contribution in [2.24, 2.45) is 11.8 Å². The maximum Gasteiger partial charge on any atom is 0.338 e. The molecular weight excluding hydrogens is 272 g/mol. The summed E-state index contributed by atoms with van der Waals surface area (Å²) < 4.78 is 10.9. The Morgan fingerprint density at radius 1 is 1.33 bits per heavy atom. The molecule has 0 unspecified atom stereocenters. The smallest absolute Gasteiger partial charge is 0.338 e. The van der Waals surface area contributed by atoms with Crippen LogP contribution in [0.4, 0.5) is 0 Å². The molecule has 1 heterocycles. The van der Waals surface area contributed by atoms with Crippen molar-refractivity contribution in [2.75, 3.05) is 6.61 Å². The van der Waals surface area contributed by atoms with Crippen molar-refractivity contribution in [1.82, 2.24) is 0 Å². The second kappa shape index (κ2) is 5.85. The Bertz CT molecular complexity index is 527. The van der Waals surface area contributed by atoms with Gasteiger partial charge in [0.25, 0.3) is 0 Å². The summed E-state index contributed by atoms with van der Waals surface area (Å²) in [5.74, 6) is -0.677. The molecule has 4 atom stereocenters. The fourth-order valence-electron chi connectivity index (χ4n) is 3.35. The van der Waals surface area contributed by atoms with Gasteiger partial charge in [-0.2, -0.15) is 0 Å². The molecule has 1 N–H and O–H groups in total. The van der Waals surface area contributed by atoms with Crippen LogP contribution in [0, 0.1) is 11.8 Å². The predicted octanol–water partition coefficient (Wildman–Crippen LogP) is 1.55. The van der Waals surface area contributed by atoms with E-state index in [1.54, 1.807) is 24.3 Å². The fraction of sp³-hybridized carbons (Fsp3) is 0.500. The third-order valence-electron chi connectivity index (χ3n) is 4.41. The summed E-state index contributed by atoms with van der Waals surface area (Å²) in [4.78, 5) is 23.5. The second-order valence-electron chi connectivity index (χ2n) is 5.62. The van der Waals surface area contributed by atoms with E-state index < -0.39 is 12.1 Å². The number of hydrogen-bond donors (Lipinski definition) is 1. The van der Waals surface area contributed by atoms with Crippen molar-refractivity contribution in [1.29, 1.82) is 0 Å². The van der Waals surface area contributed by atoms with E-state index in [-0.39, 0.29) is 30.5 Å². The van der Waals surface area contributed by atoms with Crippen LogP contribution in [0.1, 0.15) is 29.6 Å². The van der Waals surface area contributed by atoms with Crippen LogP contribution in [-0.4, -0.2) is 35.9 Å². The molecule has 0 radical (unpaired) electrons. The Hall–Kier alpha value is -1.88. The van der Waals surface area contributed by atoms with Crippen LogP contribution < -0.4 is 0 Å². The van der Waals surface area contributed by atoms with Gasteiger partial charge in [0, 0.05) is 31.3 Å². The number of rotatable bonds is 3. The average molecular weight is 290 g/mol. The summed E-state index contributed by atoms with van der Waals surface area (Å²) in [6.45, 7) is -0.0640. The lowest BCUT2D eigenvalue weighted by atomic mass is 9.88. The zero-order chi connectivity index (χ0) is 14.8. The van der Waals surface area contributed by atoms with Gasteiger partial charge in [0.2, 0.25) is 0 Å². The van der Waals surface area contributed by atoms with Crippen LogP contribution in [0.2, 0.25) is 0 Å². The molecule has 112 valence electrons. The van der Waals surface area contributed by atoms with Gasteiger partial charge in [-0.3, -0.25) is 4.79 Å². The average Bonchev–Trinajstić information content (AvgIpc) is 2.84. The van der Waals surface area contributed by atoms with Gasteiger partial charge >= 0.3 is 11.9 Å². The summed E-state index contributed by atoms with van der Waals surface area (Å²) in [5.41, 5.74) is 0.487. The molecule has 2 fully saturated rings. The minimum Gasteiger partial charge on any atom is -0.462 e. The minimum atomic E-state index is -0.399. The van der Waals surface area contributed by atoms with Gasteiger partial charge in [-0.25, -0.2) is 4.79 Å². The maximum absolute atomic E-state index is 12.1. The van der Waals surface area contributed by atoms with Gasteiger partial charge in [-0.1, -0.05) is 18.2 Å². The molecule has 1 saturated heterocycles. The first-order valence-electron chi connectivity index (χ1n) is 7.25. The first kappa shape index (κ1) is 14.1. The number of carbonyl (C=O) groups excluding carboxylic acids is 2. The van der Waals surface area contributed by atoms with E-state index in [0.29, 0.717) is 24.8 Å². The van der Waals surface area contributed by atoms with E-state index in [1.807, 2.05) is 6.07 Å². The Morgan fingerprint density at radius 3 is 2.81 bits per heavy atom. The molecule has 1 saturated carbocycles. The Kier molecular flexibility index (Phi) is 3.92. The first-order valence-corrected chi connectivity index (χ1v) is 7.25. The molecule has 0 aromatic heterocycles. The van der Waals surface area contributed by atoms with E-state index in [0.717, 1.165) is 0 Å². The molecule has 1 aliphatic heterocycles. The third kappa shape index (κ3) is 2.78. The van der Waals surface area contributed by atoms with Gasteiger partial charge in [0.1, 0.15) is 12.2 Å². The van der Waals surface area contributed by atoms with Gasteiger partial charge in [0.05, 0.1) is 5.56 Å². The van der Waals surface area contributed by atoms with E-state index in [4.69, 9.17) is 9.47 Å². The first-order chi connectivity index (χ1) is 10.2. The van der Waals surface area contributed by atoms with Crippen molar-refractivity contribution < 1.29 is 24.2 Å². The summed E-state index contributed by atoms with van der Waals surface area (Å²) in [6.07, 6.45) is 0.895. The summed E-state index contributed by atoms with van der Waals surface area (Å²) in [6, 6.07) is 8.76. The largest absolute Gasteiger partial charge is 0.462 e. The zero-order valence-electron chi connectivity index (χ0n) is 11.6. The molecule has 1 aromatic rings. The lowest BCUT2D eigenvalue weighted by molar-refractivity contribution is -0.157. The Balaban J connectivity index is 1.70. The highest BCUT2D eigenvalue weighted by Crippen LogP contribution is 2.41. The normalized spacial score (nSPS) is 31.4. The highest BCUT2D eigenvalue weighted by molar-refractivity contribution is 5.89. The molecule has 1 aliphatic carbocycles. The summed E-state index contributed by atoms with van der Waals surface area (Å²) >= 11 is 0. The van der Waals surface area contributed by atoms with Gasteiger partial charge in [-0.05, 0) is 18.6 Å². The zero-order valence-corrected chi connectivity index (χ0v) is 11.6. The van der Waals surface area contributed by atoms with Crippen molar-refractivity contribution >= 4 is 11.9 Å². The lowest BCUT2D eigenvalue weighted by Crippen LogP contribution is -2.33. The molecule has 5 nitrogen and oxygen atoms in total. The third-order valence-corrected chi connectivity index (χ3v) is 4.41. The molecule has 3 rings (SSSR count). The Morgan fingerprint density at radius 2 is 2.10 bits per heavy atom. The molecule has 0 bridgehead atoms. The Labute approximate surface area is 122 Å². The highest BCUT2D eigenvalue weighted by Gasteiger charge is 2.48. The van der Waals surface area contributed by atoms with Crippen molar-refractivity contribution in [2.45, 2.75) is 31.5 Å². The molecular formula is C16H18O5. The number of fused-ring (bicyclic) bond motifs is 1. The predicted molar refractivity (Wildman–Crippen MR) is 73.4 cm³/mol. The quantitative estimate of drug-likeness (QED) is 0.855. The van der Waals surface area contributed by atoms with Gasteiger partial charge < -0.3 is 14.6 Å². The topological polar surface area (TPSA) is 72.8 Å². The number of aliphatic hydroxyl groups is 1. The van der Waals surface area contributed by atoms with Crippen LogP contribution >= 0.6 is 0 Å².